The quantitative estimate of drug-likeness (QED) is 0.0820. The first-order valence-electron chi connectivity index (χ1n) is 18.0. The topological polar surface area (TPSA) is 117 Å². The highest BCUT2D eigenvalue weighted by molar-refractivity contribution is 9.09. The maximum Gasteiger partial charge on any atom is 0.313 e. The molecule has 2 aromatic rings. The number of likely N-dealkylation sites (tertiary alicyclic amines) is 1. The SMILES string of the molecule is C=CCCC(=O)N(C)[C@H](C)[C@H](OC(=O)[C@@H]1[C@H]2O[C@@]3(CC2Br)[C@H](C(=O)N(CC=C)c2ccccc2Cl)N(CCCCCCO)C(=O)[C@@H]13)c1ccccc1. The third-order valence-electron chi connectivity index (χ3n) is 10.7. The predicted molar refractivity (Wildman–Crippen MR) is 204 cm³/mol. The number of amides is 3. The number of carbonyl (C=O) groups is 4. The molecule has 52 heavy (non-hydrogen) atoms. The first kappa shape index (κ1) is 39.7. The average molecular weight is 799 g/mol. The van der Waals surface area contributed by atoms with Crippen LogP contribution in [0.3, 0.4) is 0 Å². The smallest absolute Gasteiger partial charge is 0.313 e. The summed E-state index contributed by atoms with van der Waals surface area (Å²) in [6, 6.07) is 14.7. The number of ether oxygens (including phenoxy) is 2. The molecule has 8 atom stereocenters. The summed E-state index contributed by atoms with van der Waals surface area (Å²) in [7, 11) is 1.69. The maximum absolute atomic E-state index is 14.9. The molecule has 3 saturated heterocycles. The molecular weight excluding hydrogens is 750 g/mol. The molecule has 2 aromatic carbocycles. The second-order valence-electron chi connectivity index (χ2n) is 13.9. The zero-order valence-electron chi connectivity index (χ0n) is 29.9. The minimum Gasteiger partial charge on any atom is -0.455 e. The fraction of sp³-hybridized carbons (Fsp3) is 0.500. The number of aliphatic hydroxyl groups is 1. The van der Waals surface area contributed by atoms with Crippen LogP contribution in [0.1, 0.15) is 63.5 Å². The van der Waals surface area contributed by atoms with E-state index in [1.807, 2.05) is 37.3 Å². The Bertz CT molecular complexity index is 1630. The summed E-state index contributed by atoms with van der Waals surface area (Å²) < 4.78 is 13.1. The zero-order chi connectivity index (χ0) is 37.6. The van der Waals surface area contributed by atoms with Crippen molar-refractivity contribution in [3.05, 3.63) is 90.5 Å². The number of hydrogen-bond donors (Lipinski definition) is 1. The van der Waals surface area contributed by atoms with Crippen LogP contribution in [0, 0.1) is 11.8 Å². The van der Waals surface area contributed by atoms with Crippen LogP contribution in [0.25, 0.3) is 0 Å². The summed E-state index contributed by atoms with van der Waals surface area (Å²) in [4.78, 5) is 61.6. The van der Waals surface area contributed by atoms with Gasteiger partial charge in [-0.3, -0.25) is 19.2 Å². The number of fused-ring (bicyclic) bond motifs is 1. The lowest BCUT2D eigenvalue weighted by atomic mass is 9.70. The number of alkyl halides is 1. The Balaban J connectivity index is 1.51. The Morgan fingerprint density at radius 1 is 1.10 bits per heavy atom. The molecule has 0 aliphatic carbocycles. The number of benzene rings is 2. The summed E-state index contributed by atoms with van der Waals surface area (Å²) in [6.45, 7) is 9.91. The lowest BCUT2D eigenvalue weighted by Gasteiger charge is -2.37. The highest BCUT2D eigenvalue weighted by atomic mass is 79.9. The van der Waals surface area contributed by atoms with Crippen LogP contribution in [0.2, 0.25) is 5.02 Å². The minimum absolute atomic E-state index is 0.0797. The van der Waals surface area contributed by atoms with E-state index in [1.165, 1.54) is 4.90 Å². The van der Waals surface area contributed by atoms with Crippen LogP contribution in [-0.2, 0) is 28.7 Å². The van der Waals surface area contributed by atoms with Gasteiger partial charge in [0.05, 0.1) is 34.7 Å². The second-order valence-corrected chi connectivity index (χ2v) is 15.4. The molecule has 1 spiro atoms. The first-order valence-corrected chi connectivity index (χ1v) is 19.3. The normalized spacial score (nSPS) is 25.7. The standard InChI is InChI=1S/C40H49BrClN3O7/c1-5-7-21-31(47)43(4)26(3)34(27-17-11-10-12-18-27)51-39(50)32-33-37(48)45(23-15-8-9-16-24-46)36(40(33)25-28(41)35(32)52-40)38(49)44(22-6-2)30-20-14-13-19-29(30)42/h5-6,10-14,17-20,26,28,32-36,46H,1-2,7-9,15-16,21-25H2,3-4H3/t26-,28?,32+,33-,34+,35+,36+,40-/m1/s1. The predicted octanol–water partition coefficient (Wildman–Crippen LogP) is 6.26. The van der Waals surface area contributed by atoms with Crippen molar-refractivity contribution >= 4 is 56.9 Å². The largest absolute Gasteiger partial charge is 0.455 e. The maximum atomic E-state index is 14.9. The number of nitrogens with zero attached hydrogens (tertiary/aromatic N) is 3. The third-order valence-corrected chi connectivity index (χ3v) is 11.9. The van der Waals surface area contributed by atoms with Gasteiger partial charge < -0.3 is 29.3 Å². The number of para-hydroxylation sites is 1. The fourth-order valence-corrected chi connectivity index (χ4v) is 9.22. The monoisotopic (exact) mass is 797 g/mol. The summed E-state index contributed by atoms with van der Waals surface area (Å²) in [5.41, 5.74) is -0.126. The molecule has 1 N–H and O–H groups in total. The van der Waals surface area contributed by atoms with Crippen molar-refractivity contribution in [1.29, 1.82) is 0 Å². The molecule has 1 unspecified atom stereocenters. The number of halogens is 2. The van der Waals surface area contributed by atoms with Gasteiger partial charge in [0.15, 0.2) is 0 Å². The van der Waals surface area contributed by atoms with E-state index in [-0.39, 0.29) is 48.7 Å². The number of unbranched alkanes of at least 4 members (excludes halogenated alkanes) is 3. The summed E-state index contributed by atoms with van der Waals surface area (Å²) in [5.74, 6) is -3.41. The molecule has 0 saturated carbocycles. The van der Waals surface area contributed by atoms with E-state index in [9.17, 15) is 24.3 Å². The van der Waals surface area contributed by atoms with Crippen molar-refractivity contribution in [2.75, 3.05) is 31.6 Å². The van der Waals surface area contributed by atoms with Gasteiger partial charge >= 0.3 is 5.97 Å². The Kier molecular flexibility index (Phi) is 13.4. The molecule has 3 heterocycles. The van der Waals surface area contributed by atoms with Crippen molar-refractivity contribution in [3.8, 4) is 0 Å². The number of hydrogen-bond acceptors (Lipinski definition) is 7. The third kappa shape index (κ3) is 7.74. The minimum atomic E-state index is -1.31. The average Bonchev–Trinajstić information content (AvgIpc) is 3.74. The van der Waals surface area contributed by atoms with E-state index >= 15 is 0 Å². The van der Waals surface area contributed by atoms with E-state index in [0.717, 1.165) is 12.8 Å². The van der Waals surface area contributed by atoms with Gasteiger partial charge in [-0.05, 0) is 50.3 Å². The van der Waals surface area contributed by atoms with Gasteiger partial charge in [0.1, 0.15) is 17.7 Å². The molecule has 0 aromatic heterocycles. The molecule has 5 rings (SSSR count). The molecule has 3 aliphatic heterocycles. The van der Waals surface area contributed by atoms with Crippen LogP contribution in [0.15, 0.2) is 79.9 Å². The molecule has 3 amide bonds. The first-order chi connectivity index (χ1) is 25.0. The number of allylic oxidation sites excluding steroid dienone is 1. The van der Waals surface area contributed by atoms with Crippen molar-refractivity contribution in [2.24, 2.45) is 11.8 Å². The van der Waals surface area contributed by atoms with Gasteiger partial charge in [-0.25, -0.2) is 0 Å². The molecule has 3 aliphatic rings. The van der Waals surface area contributed by atoms with Crippen molar-refractivity contribution < 1.29 is 33.8 Å². The second kappa shape index (κ2) is 17.5. The van der Waals surface area contributed by atoms with Gasteiger partial charge in [-0.2, -0.15) is 0 Å². The van der Waals surface area contributed by atoms with Gasteiger partial charge in [-0.15, -0.1) is 13.2 Å². The molecule has 2 bridgehead atoms. The van der Waals surface area contributed by atoms with Crippen LogP contribution in [-0.4, -0.2) is 94.0 Å². The highest BCUT2D eigenvalue weighted by Crippen LogP contribution is 2.60. The molecule has 0 radical (unpaired) electrons. The Morgan fingerprint density at radius 2 is 1.79 bits per heavy atom. The number of likely N-dealkylation sites (N-methyl/N-ethyl adjacent to an activating group) is 1. The van der Waals surface area contributed by atoms with E-state index in [0.29, 0.717) is 42.0 Å². The molecule has 10 nitrogen and oxygen atoms in total. The van der Waals surface area contributed by atoms with Gasteiger partial charge in [-0.1, -0.05) is 95.0 Å². The van der Waals surface area contributed by atoms with E-state index < -0.39 is 47.7 Å². The van der Waals surface area contributed by atoms with Crippen LogP contribution >= 0.6 is 27.5 Å². The van der Waals surface area contributed by atoms with Crippen LogP contribution in [0.5, 0.6) is 0 Å². The Morgan fingerprint density at radius 3 is 2.46 bits per heavy atom. The van der Waals surface area contributed by atoms with Crippen LogP contribution < -0.4 is 4.90 Å². The van der Waals surface area contributed by atoms with Gasteiger partial charge in [0.2, 0.25) is 11.8 Å². The van der Waals surface area contributed by atoms with Gasteiger partial charge in [0.25, 0.3) is 5.91 Å². The summed E-state index contributed by atoms with van der Waals surface area (Å²) >= 11 is 10.4. The molecular formula is C40H49BrClN3O7. The molecule has 280 valence electrons. The fourth-order valence-electron chi connectivity index (χ4n) is 8.04. The molecule has 3 fully saturated rings. The van der Waals surface area contributed by atoms with Crippen LogP contribution in [0.4, 0.5) is 5.69 Å². The Hall–Kier alpha value is -3.51. The lowest BCUT2D eigenvalue weighted by molar-refractivity contribution is -0.164. The van der Waals surface area contributed by atoms with E-state index in [4.69, 9.17) is 21.1 Å². The number of esters is 1. The van der Waals surface area contributed by atoms with E-state index in [2.05, 4.69) is 29.1 Å². The summed E-state index contributed by atoms with van der Waals surface area (Å²) in [5, 5.41) is 9.67. The van der Waals surface area contributed by atoms with Crippen molar-refractivity contribution in [3.63, 3.8) is 0 Å². The zero-order valence-corrected chi connectivity index (χ0v) is 32.2. The number of rotatable bonds is 18. The summed E-state index contributed by atoms with van der Waals surface area (Å²) in [6.07, 6.45) is 5.61. The Labute approximate surface area is 319 Å². The van der Waals surface area contributed by atoms with Crippen molar-refractivity contribution in [1.82, 2.24) is 9.80 Å². The highest BCUT2D eigenvalue weighted by Gasteiger charge is 2.77. The van der Waals surface area contributed by atoms with Gasteiger partial charge in [0, 0.05) is 38.0 Å². The number of anilines is 1. The van der Waals surface area contributed by atoms with Crippen molar-refractivity contribution in [2.45, 2.75) is 86.6 Å². The number of aliphatic hydroxyl groups excluding tert-OH is 1. The number of carbonyl (C=O) groups excluding carboxylic acids is 4. The molecule has 12 heteroatoms. The van der Waals surface area contributed by atoms with E-state index in [1.54, 1.807) is 53.3 Å². The lowest BCUT2D eigenvalue weighted by Crippen LogP contribution is -2.57.